The standard InChI is InChI=1S/C25H17N5O/c31-25-22-21(15-28(25)14-16-8-2-1-3-9-16)29-19-12-6-4-10-17(19)26-23(29)24-27-18-11-5-7-13-20(18)30(22)24/h1-13,15,31H,14H2. The van der Waals surface area contributed by atoms with Gasteiger partial charge >= 0.3 is 0 Å². The van der Waals surface area contributed by atoms with Gasteiger partial charge in [-0.05, 0) is 29.8 Å². The Morgan fingerprint density at radius 3 is 1.94 bits per heavy atom. The van der Waals surface area contributed by atoms with E-state index in [1.54, 1.807) is 0 Å². The second-order valence-corrected chi connectivity index (χ2v) is 7.82. The molecule has 0 aliphatic rings. The average molecular weight is 403 g/mol. The molecule has 4 heterocycles. The van der Waals surface area contributed by atoms with E-state index in [-0.39, 0.29) is 5.88 Å². The maximum absolute atomic E-state index is 11.4. The third kappa shape index (κ3) is 2.16. The number of benzene rings is 3. The number of imidazole rings is 2. The van der Waals surface area contributed by atoms with Crippen LogP contribution in [0.15, 0.2) is 85.1 Å². The van der Waals surface area contributed by atoms with Crippen LogP contribution in [-0.4, -0.2) is 28.4 Å². The fraction of sp³-hybridized carbons (Fsp3) is 0.0400. The van der Waals surface area contributed by atoms with Gasteiger partial charge < -0.3 is 9.67 Å². The van der Waals surface area contributed by atoms with Gasteiger partial charge in [0.1, 0.15) is 5.52 Å². The number of aromatic nitrogens is 5. The molecule has 7 rings (SSSR count). The van der Waals surface area contributed by atoms with Gasteiger partial charge in [0, 0.05) is 6.20 Å². The Hall–Kier alpha value is -4.32. The Morgan fingerprint density at radius 1 is 0.645 bits per heavy atom. The average Bonchev–Trinajstić information content (AvgIpc) is 3.46. The Bertz CT molecular complexity index is 1770. The zero-order valence-corrected chi connectivity index (χ0v) is 16.5. The second kappa shape index (κ2) is 5.86. The van der Waals surface area contributed by atoms with Crippen molar-refractivity contribution < 1.29 is 5.11 Å². The lowest BCUT2D eigenvalue weighted by molar-refractivity contribution is 0.429. The molecule has 0 saturated heterocycles. The van der Waals surface area contributed by atoms with Crippen LogP contribution in [0.3, 0.4) is 0 Å². The topological polar surface area (TPSA) is 59.8 Å². The molecule has 0 fully saturated rings. The molecule has 0 spiro atoms. The van der Waals surface area contributed by atoms with Crippen LogP contribution in [0, 0.1) is 0 Å². The SMILES string of the molecule is Oc1c2c(cn1Cc1ccccc1)n1c3ccccc3nc1c1nc3ccccc3n12. The quantitative estimate of drug-likeness (QED) is 0.442. The lowest BCUT2D eigenvalue weighted by Gasteiger charge is -2.05. The smallest absolute Gasteiger partial charge is 0.218 e. The molecule has 0 aliphatic heterocycles. The first-order chi connectivity index (χ1) is 15.3. The van der Waals surface area contributed by atoms with Crippen molar-refractivity contribution in [3.8, 4) is 5.88 Å². The first-order valence-electron chi connectivity index (χ1n) is 10.2. The first-order valence-corrected chi connectivity index (χ1v) is 10.2. The van der Waals surface area contributed by atoms with Crippen molar-refractivity contribution in [2.24, 2.45) is 0 Å². The summed E-state index contributed by atoms with van der Waals surface area (Å²) in [5.74, 6) is 0.215. The number of nitrogens with zero attached hydrogens (tertiary/aromatic N) is 5. The summed E-state index contributed by atoms with van der Waals surface area (Å²) in [5.41, 5.74) is 7.98. The predicted octanol–water partition coefficient (Wildman–Crippen LogP) is 5.00. The summed E-state index contributed by atoms with van der Waals surface area (Å²) >= 11 is 0. The van der Waals surface area contributed by atoms with Crippen molar-refractivity contribution in [1.82, 2.24) is 23.3 Å². The van der Waals surface area contributed by atoms with E-state index >= 15 is 0 Å². The third-order valence-corrected chi connectivity index (χ3v) is 5.99. The predicted molar refractivity (Wildman–Crippen MR) is 122 cm³/mol. The second-order valence-electron chi connectivity index (χ2n) is 7.82. The highest BCUT2D eigenvalue weighted by atomic mass is 16.3. The van der Waals surface area contributed by atoms with E-state index in [2.05, 4.69) is 22.6 Å². The van der Waals surface area contributed by atoms with Gasteiger partial charge in [0.05, 0.1) is 34.1 Å². The molecule has 7 aromatic rings. The van der Waals surface area contributed by atoms with Crippen LogP contribution in [0.25, 0.3) is 44.4 Å². The molecule has 3 aromatic carbocycles. The summed E-state index contributed by atoms with van der Waals surface area (Å²) in [6, 6.07) is 26.2. The summed E-state index contributed by atoms with van der Waals surface area (Å²) in [5, 5.41) is 11.4. The highest BCUT2D eigenvalue weighted by molar-refractivity contribution is 6.00. The Morgan fingerprint density at radius 2 is 1.23 bits per heavy atom. The van der Waals surface area contributed by atoms with Crippen LogP contribution in [-0.2, 0) is 6.54 Å². The normalized spacial score (nSPS) is 12.1. The molecule has 6 heteroatoms. The zero-order chi connectivity index (χ0) is 20.5. The minimum absolute atomic E-state index is 0.215. The highest BCUT2D eigenvalue weighted by Gasteiger charge is 2.22. The molecule has 1 N–H and O–H groups in total. The molecule has 6 nitrogen and oxygen atoms in total. The molecule has 148 valence electrons. The highest BCUT2D eigenvalue weighted by Crippen LogP contribution is 2.35. The fourth-order valence-electron chi connectivity index (χ4n) is 4.62. The Kier molecular flexibility index (Phi) is 3.11. The first kappa shape index (κ1) is 16.5. The van der Waals surface area contributed by atoms with E-state index in [1.165, 1.54) is 0 Å². The molecule has 0 radical (unpaired) electrons. The molecule has 31 heavy (non-hydrogen) atoms. The largest absolute Gasteiger partial charge is 0.493 e. The van der Waals surface area contributed by atoms with Crippen molar-refractivity contribution in [3.05, 3.63) is 90.6 Å². The van der Waals surface area contributed by atoms with E-state index in [4.69, 9.17) is 9.97 Å². The van der Waals surface area contributed by atoms with Crippen LogP contribution in [0.5, 0.6) is 5.88 Å². The van der Waals surface area contributed by atoms with Crippen molar-refractivity contribution in [1.29, 1.82) is 0 Å². The molecule has 0 bridgehead atoms. The van der Waals surface area contributed by atoms with E-state index in [9.17, 15) is 5.11 Å². The summed E-state index contributed by atoms with van der Waals surface area (Å²) in [6.07, 6.45) is 2.01. The lowest BCUT2D eigenvalue weighted by atomic mass is 10.2. The minimum Gasteiger partial charge on any atom is -0.493 e. The van der Waals surface area contributed by atoms with Gasteiger partial charge in [0.25, 0.3) is 0 Å². The number of hydrogen-bond donors (Lipinski definition) is 1. The summed E-state index contributed by atoms with van der Waals surface area (Å²) in [7, 11) is 0. The third-order valence-electron chi connectivity index (χ3n) is 5.99. The van der Waals surface area contributed by atoms with E-state index < -0.39 is 0 Å². The molecular formula is C25H17N5O. The number of aromatic hydroxyl groups is 1. The maximum atomic E-state index is 11.4. The molecule has 0 unspecified atom stereocenters. The van der Waals surface area contributed by atoms with Gasteiger partial charge in [0.2, 0.25) is 5.88 Å². The van der Waals surface area contributed by atoms with E-state index in [0.717, 1.165) is 50.0 Å². The molecule has 4 aromatic heterocycles. The number of rotatable bonds is 2. The maximum Gasteiger partial charge on any atom is 0.218 e. The monoisotopic (exact) mass is 403 g/mol. The van der Waals surface area contributed by atoms with Crippen molar-refractivity contribution in [2.45, 2.75) is 6.54 Å². The minimum atomic E-state index is 0.215. The molecular weight excluding hydrogens is 386 g/mol. The Balaban J connectivity index is 1.70. The van der Waals surface area contributed by atoms with Crippen LogP contribution < -0.4 is 0 Å². The van der Waals surface area contributed by atoms with Gasteiger partial charge in [-0.3, -0.25) is 8.80 Å². The van der Waals surface area contributed by atoms with Gasteiger partial charge in [-0.1, -0.05) is 54.6 Å². The number of fused-ring (bicyclic) bond motifs is 10. The lowest BCUT2D eigenvalue weighted by Crippen LogP contribution is -1.97. The van der Waals surface area contributed by atoms with E-state index in [0.29, 0.717) is 6.54 Å². The number of para-hydroxylation sites is 4. The Labute approximate surface area is 176 Å². The molecule has 0 aliphatic carbocycles. The zero-order valence-electron chi connectivity index (χ0n) is 16.5. The van der Waals surface area contributed by atoms with Crippen LogP contribution in [0.2, 0.25) is 0 Å². The van der Waals surface area contributed by atoms with Gasteiger partial charge in [0.15, 0.2) is 11.3 Å². The summed E-state index contributed by atoms with van der Waals surface area (Å²) in [4.78, 5) is 9.78. The molecule has 0 saturated carbocycles. The van der Waals surface area contributed by atoms with Gasteiger partial charge in [-0.25, -0.2) is 9.97 Å². The van der Waals surface area contributed by atoms with Crippen molar-refractivity contribution in [3.63, 3.8) is 0 Å². The van der Waals surface area contributed by atoms with Gasteiger partial charge in [-0.15, -0.1) is 0 Å². The van der Waals surface area contributed by atoms with Crippen LogP contribution in [0.4, 0.5) is 0 Å². The van der Waals surface area contributed by atoms with Crippen LogP contribution in [0.1, 0.15) is 5.56 Å². The summed E-state index contributed by atoms with van der Waals surface area (Å²) in [6.45, 7) is 0.573. The molecule has 0 amide bonds. The number of hydrogen-bond acceptors (Lipinski definition) is 3. The van der Waals surface area contributed by atoms with E-state index in [1.807, 2.05) is 75.8 Å². The molecule has 0 atom stereocenters. The van der Waals surface area contributed by atoms with Crippen LogP contribution >= 0.6 is 0 Å². The van der Waals surface area contributed by atoms with Gasteiger partial charge in [-0.2, -0.15) is 0 Å². The summed E-state index contributed by atoms with van der Waals surface area (Å²) < 4.78 is 6.03. The van der Waals surface area contributed by atoms with Crippen molar-refractivity contribution in [2.75, 3.05) is 0 Å². The van der Waals surface area contributed by atoms with Crippen molar-refractivity contribution >= 4 is 44.4 Å². The fourth-order valence-corrected chi connectivity index (χ4v) is 4.62.